The van der Waals surface area contributed by atoms with Gasteiger partial charge in [-0.2, -0.15) is 10.1 Å². The van der Waals surface area contributed by atoms with E-state index >= 15 is 0 Å². The van der Waals surface area contributed by atoms with Crippen LogP contribution in [0.5, 0.6) is 0 Å². The lowest BCUT2D eigenvalue weighted by molar-refractivity contribution is 0.768. The summed E-state index contributed by atoms with van der Waals surface area (Å²) >= 11 is 0. The molecule has 0 fully saturated rings. The normalized spacial score (nSPS) is 11.4. The summed E-state index contributed by atoms with van der Waals surface area (Å²) in [7, 11) is 1.88. The molecule has 120 valence electrons. The van der Waals surface area contributed by atoms with E-state index < -0.39 is 0 Å². The SMILES string of the molecule is Cn1cc(-c2nc(-n3cnc4ccccc43)nc3ncccc23)cn1. The first-order chi connectivity index (χ1) is 12.3. The van der Waals surface area contributed by atoms with E-state index in [1.165, 1.54) is 0 Å². The Bertz CT molecular complexity index is 1220. The second kappa shape index (κ2) is 5.20. The van der Waals surface area contributed by atoms with Crippen molar-refractivity contribution >= 4 is 22.1 Å². The van der Waals surface area contributed by atoms with E-state index in [2.05, 4.69) is 20.1 Å². The number of hydrogen-bond donors (Lipinski definition) is 0. The van der Waals surface area contributed by atoms with E-state index in [0.717, 1.165) is 27.7 Å². The Labute approximate surface area is 142 Å². The van der Waals surface area contributed by atoms with Crippen molar-refractivity contribution in [3.8, 4) is 17.2 Å². The number of fused-ring (bicyclic) bond motifs is 2. The van der Waals surface area contributed by atoms with Gasteiger partial charge in [0, 0.05) is 30.4 Å². The summed E-state index contributed by atoms with van der Waals surface area (Å²) in [6.07, 6.45) is 7.20. The third-order valence-corrected chi connectivity index (χ3v) is 4.11. The van der Waals surface area contributed by atoms with Crippen LogP contribution in [0, 0.1) is 0 Å². The van der Waals surface area contributed by atoms with Crippen molar-refractivity contribution in [1.82, 2.24) is 34.3 Å². The highest BCUT2D eigenvalue weighted by molar-refractivity contribution is 5.90. The maximum Gasteiger partial charge on any atom is 0.238 e. The number of pyridine rings is 1. The number of para-hydroxylation sites is 2. The van der Waals surface area contributed by atoms with E-state index in [4.69, 9.17) is 4.98 Å². The fourth-order valence-electron chi connectivity index (χ4n) is 2.94. The summed E-state index contributed by atoms with van der Waals surface area (Å²) in [6, 6.07) is 11.8. The van der Waals surface area contributed by atoms with Gasteiger partial charge in [-0.1, -0.05) is 12.1 Å². The van der Waals surface area contributed by atoms with Gasteiger partial charge in [0.15, 0.2) is 5.65 Å². The van der Waals surface area contributed by atoms with E-state index in [1.54, 1.807) is 23.4 Å². The lowest BCUT2D eigenvalue weighted by Crippen LogP contribution is -2.03. The van der Waals surface area contributed by atoms with Crippen molar-refractivity contribution in [1.29, 1.82) is 0 Å². The number of benzene rings is 1. The molecule has 0 aliphatic carbocycles. The number of hydrogen-bond acceptors (Lipinski definition) is 5. The highest BCUT2D eigenvalue weighted by Gasteiger charge is 2.14. The summed E-state index contributed by atoms with van der Waals surface area (Å²) in [5, 5.41) is 5.15. The summed E-state index contributed by atoms with van der Waals surface area (Å²) in [5.74, 6) is 0.541. The average molecular weight is 327 g/mol. The van der Waals surface area contributed by atoms with E-state index in [0.29, 0.717) is 11.6 Å². The van der Waals surface area contributed by atoms with Gasteiger partial charge in [-0.15, -0.1) is 0 Å². The van der Waals surface area contributed by atoms with Crippen molar-refractivity contribution in [3.05, 3.63) is 61.3 Å². The van der Waals surface area contributed by atoms with E-state index in [-0.39, 0.29) is 0 Å². The molecule has 4 heterocycles. The minimum absolute atomic E-state index is 0.541. The second-order valence-corrected chi connectivity index (χ2v) is 5.75. The van der Waals surface area contributed by atoms with Crippen LogP contribution in [-0.2, 0) is 7.05 Å². The minimum Gasteiger partial charge on any atom is -0.275 e. The van der Waals surface area contributed by atoms with Crippen LogP contribution < -0.4 is 0 Å². The van der Waals surface area contributed by atoms with Crippen LogP contribution in [0.4, 0.5) is 0 Å². The van der Waals surface area contributed by atoms with Gasteiger partial charge >= 0.3 is 0 Å². The molecule has 0 saturated carbocycles. The molecule has 0 aliphatic rings. The molecular weight excluding hydrogens is 314 g/mol. The molecule has 5 rings (SSSR count). The van der Waals surface area contributed by atoms with Crippen LogP contribution >= 0.6 is 0 Å². The monoisotopic (exact) mass is 327 g/mol. The van der Waals surface area contributed by atoms with Gasteiger partial charge in [0.2, 0.25) is 5.95 Å². The Balaban J connectivity index is 1.82. The molecular formula is C18H13N7. The van der Waals surface area contributed by atoms with E-state index in [1.807, 2.05) is 54.2 Å². The van der Waals surface area contributed by atoms with Crippen molar-refractivity contribution in [3.63, 3.8) is 0 Å². The van der Waals surface area contributed by atoms with Crippen molar-refractivity contribution in [2.75, 3.05) is 0 Å². The summed E-state index contributed by atoms with van der Waals surface area (Å²) in [4.78, 5) is 18.3. The molecule has 7 nitrogen and oxygen atoms in total. The third kappa shape index (κ3) is 2.17. The molecule has 0 unspecified atom stereocenters. The molecule has 7 heteroatoms. The van der Waals surface area contributed by atoms with Crippen LogP contribution in [0.1, 0.15) is 0 Å². The lowest BCUT2D eigenvalue weighted by atomic mass is 10.1. The fraction of sp³-hybridized carbons (Fsp3) is 0.0556. The third-order valence-electron chi connectivity index (χ3n) is 4.11. The van der Waals surface area contributed by atoms with Crippen molar-refractivity contribution in [2.45, 2.75) is 0 Å². The van der Waals surface area contributed by atoms with Gasteiger partial charge in [-0.05, 0) is 24.3 Å². The zero-order valence-corrected chi connectivity index (χ0v) is 13.4. The molecule has 0 N–H and O–H groups in total. The molecule has 4 aromatic heterocycles. The standard InChI is InChI=1S/C18H13N7/c1-24-10-12(9-21-24)16-13-5-4-8-19-17(13)23-18(22-16)25-11-20-14-6-2-3-7-15(14)25/h2-11H,1H3. The van der Waals surface area contributed by atoms with Crippen LogP contribution in [-0.4, -0.2) is 34.3 Å². The van der Waals surface area contributed by atoms with Crippen LogP contribution in [0.15, 0.2) is 61.3 Å². The maximum absolute atomic E-state index is 4.80. The fourth-order valence-corrected chi connectivity index (χ4v) is 2.94. The molecule has 0 radical (unpaired) electrons. The highest BCUT2D eigenvalue weighted by Crippen LogP contribution is 2.26. The van der Waals surface area contributed by atoms with Crippen LogP contribution in [0.25, 0.3) is 39.3 Å². The molecule has 0 amide bonds. The van der Waals surface area contributed by atoms with Crippen LogP contribution in [0.2, 0.25) is 0 Å². The summed E-state index contributed by atoms with van der Waals surface area (Å²) in [5.41, 5.74) is 4.22. The predicted octanol–water partition coefficient (Wildman–Crippen LogP) is 2.76. The van der Waals surface area contributed by atoms with Crippen molar-refractivity contribution in [2.24, 2.45) is 7.05 Å². The number of rotatable bonds is 2. The zero-order valence-electron chi connectivity index (χ0n) is 13.4. The Hall–Kier alpha value is -3.61. The minimum atomic E-state index is 0.541. The molecule has 0 aliphatic heterocycles. The molecule has 1 aromatic carbocycles. The summed E-state index contributed by atoms with van der Waals surface area (Å²) in [6.45, 7) is 0. The summed E-state index contributed by atoms with van der Waals surface area (Å²) < 4.78 is 3.63. The number of aromatic nitrogens is 7. The van der Waals surface area contributed by atoms with Crippen molar-refractivity contribution < 1.29 is 0 Å². The van der Waals surface area contributed by atoms with Crippen LogP contribution in [0.3, 0.4) is 0 Å². The van der Waals surface area contributed by atoms with Gasteiger partial charge in [0.25, 0.3) is 0 Å². The first-order valence-corrected chi connectivity index (χ1v) is 7.84. The largest absolute Gasteiger partial charge is 0.275 e. The quantitative estimate of drug-likeness (QED) is 0.498. The maximum atomic E-state index is 4.80. The van der Waals surface area contributed by atoms with Gasteiger partial charge in [-0.25, -0.2) is 15.0 Å². The topological polar surface area (TPSA) is 74.3 Å². The Morgan fingerprint density at radius 3 is 2.76 bits per heavy atom. The first kappa shape index (κ1) is 13.8. The van der Waals surface area contributed by atoms with E-state index in [9.17, 15) is 0 Å². The molecule has 5 aromatic rings. The second-order valence-electron chi connectivity index (χ2n) is 5.75. The lowest BCUT2D eigenvalue weighted by Gasteiger charge is -2.08. The molecule has 0 saturated heterocycles. The molecule has 0 bridgehead atoms. The molecule has 0 atom stereocenters. The molecule has 0 spiro atoms. The predicted molar refractivity (Wildman–Crippen MR) is 94.2 cm³/mol. The Morgan fingerprint density at radius 2 is 1.88 bits per heavy atom. The van der Waals surface area contributed by atoms with Gasteiger partial charge in [0.1, 0.15) is 6.33 Å². The Kier molecular flexibility index (Phi) is 2.87. The average Bonchev–Trinajstić information content (AvgIpc) is 3.27. The first-order valence-electron chi connectivity index (χ1n) is 7.84. The zero-order chi connectivity index (χ0) is 16.8. The number of imidazole rings is 1. The van der Waals surface area contributed by atoms with Gasteiger partial charge in [-0.3, -0.25) is 9.25 Å². The number of aryl methyl sites for hydroxylation is 1. The highest BCUT2D eigenvalue weighted by atomic mass is 15.2. The van der Waals surface area contributed by atoms with Gasteiger partial charge < -0.3 is 0 Å². The smallest absolute Gasteiger partial charge is 0.238 e. The number of nitrogens with zero attached hydrogens (tertiary/aromatic N) is 7. The molecule has 25 heavy (non-hydrogen) atoms. The Morgan fingerprint density at radius 1 is 0.960 bits per heavy atom. The van der Waals surface area contributed by atoms with Gasteiger partial charge in [0.05, 0.1) is 22.9 Å².